The number of carbonyl (C=O) groups excluding carboxylic acids is 3. The first-order chi connectivity index (χ1) is 20.6. The number of nitrogens with two attached hydrogens (primary N) is 1. The molecule has 43 heavy (non-hydrogen) atoms. The monoisotopic (exact) mass is 616 g/mol. The van der Waals surface area contributed by atoms with Crippen molar-refractivity contribution in [3.05, 3.63) is 52.0 Å². The van der Waals surface area contributed by atoms with Gasteiger partial charge in [-0.2, -0.15) is 0 Å². The SMILES string of the molecule is CCCCC(=O)N(COCC)C(CC(OCCC)c1nc(C(=O)NC(Cc2ccccc2)CC(C)C(N)=O)cs1)C(C)C. The number of rotatable bonds is 21. The summed E-state index contributed by atoms with van der Waals surface area (Å²) >= 11 is 1.39. The molecule has 0 aliphatic rings. The van der Waals surface area contributed by atoms with Crippen molar-refractivity contribution in [1.29, 1.82) is 0 Å². The highest BCUT2D eigenvalue weighted by molar-refractivity contribution is 7.09. The van der Waals surface area contributed by atoms with E-state index >= 15 is 0 Å². The first-order valence-corrected chi connectivity index (χ1v) is 16.6. The highest BCUT2D eigenvalue weighted by Crippen LogP contribution is 2.31. The van der Waals surface area contributed by atoms with Crippen molar-refractivity contribution in [2.45, 2.75) is 105 Å². The number of amides is 3. The second-order valence-electron chi connectivity index (χ2n) is 11.5. The molecule has 0 saturated heterocycles. The van der Waals surface area contributed by atoms with Crippen LogP contribution in [0, 0.1) is 11.8 Å². The zero-order valence-electron chi connectivity index (χ0n) is 26.8. The topological polar surface area (TPSA) is 124 Å². The van der Waals surface area contributed by atoms with Crippen molar-refractivity contribution >= 4 is 29.1 Å². The Morgan fingerprint density at radius 2 is 1.77 bits per heavy atom. The van der Waals surface area contributed by atoms with Crippen LogP contribution < -0.4 is 11.1 Å². The summed E-state index contributed by atoms with van der Waals surface area (Å²) in [6.07, 6.45) is 4.25. The number of ether oxygens (including phenoxy) is 2. The van der Waals surface area contributed by atoms with E-state index in [9.17, 15) is 14.4 Å². The molecule has 0 radical (unpaired) electrons. The lowest BCUT2D eigenvalue weighted by atomic mass is 9.95. The fraction of sp³-hybridized carbons (Fsp3) is 0.636. The summed E-state index contributed by atoms with van der Waals surface area (Å²) in [6, 6.07) is 9.43. The van der Waals surface area contributed by atoms with E-state index in [1.807, 2.05) is 49.1 Å². The molecule has 2 aromatic rings. The number of thiazole rings is 1. The molecule has 3 amide bonds. The molecule has 2 rings (SSSR count). The number of aromatic nitrogens is 1. The molecule has 0 spiro atoms. The van der Waals surface area contributed by atoms with E-state index in [1.165, 1.54) is 11.3 Å². The van der Waals surface area contributed by atoms with Gasteiger partial charge in [0, 0.05) is 49.4 Å². The van der Waals surface area contributed by atoms with Crippen molar-refractivity contribution in [1.82, 2.24) is 15.2 Å². The first-order valence-electron chi connectivity index (χ1n) is 15.7. The molecule has 240 valence electrons. The van der Waals surface area contributed by atoms with Crippen molar-refractivity contribution in [2.24, 2.45) is 17.6 Å². The van der Waals surface area contributed by atoms with Crippen molar-refractivity contribution in [3.63, 3.8) is 0 Å². The Morgan fingerprint density at radius 3 is 2.37 bits per heavy atom. The van der Waals surface area contributed by atoms with E-state index in [2.05, 4.69) is 26.1 Å². The predicted octanol–water partition coefficient (Wildman–Crippen LogP) is 5.89. The number of benzene rings is 1. The number of nitrogens with zero attached hydrogens (tertiary/aromatic N) is 2. The van der Waals surface area contributed by atoms with Crippen LogP contribution >= 0.6 is 11.3 Å². The van der Waals surface area contributed by atoms with Crippen LogP contribution in [0.5, 0.6) is 0 Å². The number of nitrogens with one attached hydrogen (secondary N) is 1. The summed E-state index contributed by atoms with van der Waals surface area (Å²) in [7, 11) is 0. The molecule has 3 N–H and O–H groups in total. The van der Waals surface area contributed by atoms with Gasteiger partial charge in [-0.3, -0.25) is 14.4 Å². The van der Waals surface area contributed by atoms with Gasteiger partial charge in [0.15, 0.2) is 0 Å². The third-order valence-corrected chi connectivity index (χ3v) is 8.40. The molecule has 1 heterocycles. The highest BCUT2D eigenvalue weighted by atomic mass is 32.1. The zero-order valence-corrected chi connectivity index (χ0v) is 27.7. The van der Waals surface area contributed by atoms with Crippen LogP contribution in [-0.4, -0.2) is 59.6 Å². The van der Waals surface area contributed by atoms with Gasteiger partial charge in [0.25, 0.3) is 5.91 Å². The van der Waals surface area contributed by atoms with E-state index in [0.717, 1.165) is 24.8 Å². The Bertz CT molecular complexity index is 1110. The van der Waals surface area contributed by atoms with Crippen LogP contribution in [-0.2, 0) is 25.5 Å². The second kappa shape index (κ2) is 19.5. The van der Waals surface area contributed by atoms with Gasteiger partial charge in [0.2, 0.25) is 11.8 Å². The molecule has 10 heteroatoms. The third kappa shape index (κ3) is 12.4. The number of hydrogen-bond donors (Lipinski definition) is 2. The number of hydrogen-bond acceptors (Lipinski definition) is 7. The van der Waals surface area contributed by atoms with Gasteiger partial charge >= 0.3 is 0 Å². The maximum absolute atomic E-state index is 13.4. The summed E-state index contributed by atoms with van der Waals surface area (Å²) in [5, 5.41) is 5.53. The maximum atomic E-state index is 13.4. The zero-order chi connectivity index (χ0) is 31.8. The van der Waals surface area contributed by atoms with Crippen molar-refractivity contribution in [3.8, 4) is 0 Å². The lowest BCUT2D eigenvalue weighted by Gasteiger charge is -2.36. The quantitative estimate of drug-likeness (QED) is 0.169. The molecule has 0 bridgehead atoms. The standard InChI is InChI=1S/C33H52N4O5S/c1-7-10-16-30(38)37(22-41-9-3)28(23(4)5)20-29(42-17-8-2)33-36-27(21-43-33)32(40)35-26(18-24(6)31(34)39)19-25-14-12-11-13-15-25/h11-15,21,23-24,26,28-29H,7-10,16-20,22H2,1-6H3,(H2,34,39)(H,35,40). The lowest BCUT2D eigenvalue weighted by molar-refractivity contribution is -0.143. The minimum absolute atomic E-state index is 0.0806. The molecule has 4 atom stereocenters. The normalized spacial score (nSPS) is 14.2. The minimum atomic E-state index is -0.398. The molecule has 4 unspecified atom stereocenters. The Labute approximate surface area is 261 Å². The molecule has 0 aliphatic carbocycles. The Balaban J connectivity index is 2.27. The molecular formula is C33H52N4O5S. The Morgan fingerprint density at radius 1 is 1.05 bits per heavy atom. The summed E-state index contributed by atoms with van der Waals surface area (Å²) in [5.74, 6) is -0.850. The first kappa shape index (κ1) is 36.4. The van der Waals surface area contributed by atoms with E-state index in [0.29, 0.717) is 49.6 Å². The number of carbonyl (C=O) groups is 3. The molecule has 1 aromatic heterocycles. The average molecular weight is 617 g/mol. The van der Waals surface area contributed by atoms with Crippen LogP contribution in [0.4, 0.5) is 0 Å². The summed E-state index contributed by atoms with van der Waals surface area (Å²) in [5.41, 5.74) is 6.90. The molecule has 0 saturated carbocycles. The van der Waals surface area contributed by atoms with E-state index in [1.54, 1.807) is 12.3 Å². The fourth-order valence-electron chi connectivity index (χ4n) is 4.93. The summed E-state index contributed by atoms with van der Waals surface area (Å²) in [4.78, 5) is 45.0. The molecular weight excluding hydrogens is 564 g/mol. The lowest BCUT2D eigenvalue weighted by Crippen LogP contribution is -2.45. The summed E-state index contributed by atoms with van der Waals surface area (Å²) in [6.45, 7) is 13.3. The third-order valence-electron chi connectivity index (χ3n) is 7.46. The number of unbranched alkanes of at least 4 members (excludes halogenated alkanes) is 1. The molecule has 0 fully saturated rings. The Kier molecular flexibility index (Phi) is 16.5. The van der Waals surface area contributed by atoms with Crippen LogP contribution in [0.25, 0.3) is 0 Å². The van der Waals surface area contributed by atoms with Crippen LogP contribution in [0.15, 0.2) is 35.7 Å². The molecule has 1 aromatic carbocycles. The van der Waals surface area contributed by atoms with Crippen LogP contribution in [0.2, 0.25) is 0 Å². The second-order valence-corrected chi connectivity index (χ2v) is 12.4. The Hall–Kier alpha value is -2.82. The van der Waals surface area contributed by atoms with Gasteiger partial charge in [-0.15, -0.1) is 11.3 Å². The highest BCUT2D eigenvalue weighted by Gasteiger charge is 2.31. The number of primary amides is 1. The van der Waals surface area contributed by atoms with Gasteiger partial charge < -0.3 is 25.4 Å². The predicted molar refractivity (Wildman–Crippen MR) is 172 cm³/mol. The minimum Gasteiger partial charge on any atom is -0.371 e. The summed E-state index contributed by atoms with van der Waals surface area (Å²) < 4.78 is 12.0. The van der Waals surface area contributed by atoms with E-state index < -0.39 is 5.91 Å². The van der Waals surface area contributed by atoms with Crippen LogP contribution in [0.3, 0.4) is 0 Å². The van der Waals surface area contributed by atoms with Crippen molar-refractivity contribution in [2.75, 3.05) is 19.9 Å². The van der Waals surface area contributed by atoms with Gasteiger partial charge in [0.05, 0.1) is 0 Å². The van der Waals surface area contributed by atoms with Crippen LogP contribution in [0.1, 0.15) is 107 Å². The van der Waals surface area contributed by atoms with Gasteiger partial charge in [-0.1, -0.05) is 71.4 Å². The van der Waals surface area contributed by atoms with E-state index in [-0.39, 0.29) is 48.6 Å². The molecule has 0 aliphatic heterocycles. The molecule has 9 nitrogen and oxygen atoms in total. The van der Waals surface area contributed by atoms with Crippen molar-refractivity contribution < 1.29 is 23.9 Å². The average Bonchev–Trinajstić information content (AvgIpc) is 3.48. The van der Waals surface area contributed by atoms with Gasteiger partial charge in [-0.25, -0.2) is 4.98 Å². The van der Waals surface area contributed by atoms with Gasteiger partial charge in [0.1, 0.15) is 23.5 Å². The maximum Gasteiger partial charge on any atom is 0.270 e. The van der Waals surface area contributed by atoms with Gasteiger partial charge in [-0.05, 0) is 44.1 Å². The van der Waals surface area contributed by atoms with E-state index in [4.69, 9.17) is 20.2 Å². The smallest absolute Gasteiger partial charge is 0.270 e. The largest absolute Gasteiger partial charge is 0.371 e. The fourth-order valence-corrected chi connectivity index (χ4v) is 5.79.